The summed E-state index contributed by atoms with van der Waals surface area (Å²) in [4.78, 5) is 11.4. The molecular formula is C15H23NO2. The van der Waals surface area contributed by atoms with Crippen LogP contribution in [0.2, 0.25) is 0 Å². The molecule has 0 heterocycles. The van der Waals surface area contributed by atoms with Crippen LogP contribution in [0.4, 0.5) is 0 Å². The predicted octanol–water partition coefficient (Wildman–Crippen LogP) is 3.11. The van der Waals surface area contributed by atoms with Gasteiger partial charge in [-0.05, 0) is 36.5 Å². The minimum absolute atomic E-state index is 0.0668. The van der Waals surface area contributed by atoms with E-state index in [1.54, 1.807) is 0 Å². The van der Waals surface area contributed by atoms with Crippen molar-refractivity contribution in [2.75, 3.05) is 13.2 Å². The second-order valence-electron chi connectivity index (χ2n) is 4.52. The smallest absolute Gasteiger partial charge is 0.257 e. The zero-order valence-corrected chi connectivity index (χ0v) is 11.5. The fourth-order valence-electron chi connectivity index (χ4n) is 1.59. The van der Waals surface area contributed by atoms with Crippen molar-refractivity contribution < 1.29 is 9.53 Å². The molecule has 0 fully saturated rings. The SMILES string of the molecule is CCCNC(=O)COc1ccc(C(C)CC)cc1. The third-order valence-electron chi connectivity index (χ3n) is 3.00. The Morgan fingerprint density at radius 3 is 2.50 bits per heavy atom. The highest BCUT2D eigenvalue weighted by molar-refractivity contribution is 5.77. The van der Waals surface area contributed by atoms with Crippen LogP contribution in [0, 0.1) is 0 Å². The maximum atomic E-state index is 11.4. The van der Waals surface area contributed by atoms with Crippen LogP contribution < -0.4 is 10.1 Å². The number of nitrogens with one attached hydrogen (secondary N) is 1. The maximum Gasteiger partial charge on any atom is 0.257 e. The molecule has 18 heavy (non-hydrogen) atoms. The van der Waals surface area contributed by atoms with Crippen LogP contribution in [0.15, 0.2) is 24.3 Å². The molecule has 1 N–H and O–H groups in total. The Kier molecular flexibility index (Phi) is 6.26. The molecule has 0 aromatic heterocycles. The maximum absolute atomic E-state index is 11.4. The first-order chi connectivity index (χ1) is 8.67. The Labute approximate surface area is 110 Å². The minimum atomic E-state index is -0.0668. The summed E-state index contributed by atoms with van der Waals surface area (Å²) in [5.41, 5.74) is 1.31. The zero-order chi connectivity index (χ0) is 13.4. The highest BCUT2D eigenvalue weighted by Crippen LogP contribution is 2.21. The summed E-state index contributed by atoms with van der Waals surface area (Å²) in [5, 5.41) is 2.78. The van der Waals surface area contributed by atoms with Gasteiger partial charge in [0.25, 0.3) is 5.91 Å². The van der Waals surface area contributed by atoms with Gasteiger partial charge in [0.1, 0.15) is 5.75 Å². The third-order valence-corrected chi connectivity index (χ3v) is 3.00. The number of rotatable bonds is 7. The van der Waals surface area contributed by atoms with Gasteiger partial charge in [0.05, 0.1) is 0 Å². The molecular weight excluding hydrogens is 226 g/mol. The summed E-state index contributed by atoms with van der Waals surface area (Å²) in [6, 6.07) is 7.98. The van der Waals surface area contributed by atoms with Crippen LogP contribution in [0.5, 0.6) is 5.75 Å². The molecule has 0 radical (unpaired) electrons. The predicted molar refractivity (Wildman–Crippen MR) is 73.9 cm³/mol. The highest BCUT2D eigenvalue weighted by atomic mass is 16.5. The first-order valence-electron chi connectivity index (χ1n) is 6.66. The molecule has 1 aromatic carbocycles. The molecule has 0 aliphatic heterocycles. The van der Waals surface area contributed by atoms with E-state index in [1.807, 2.05) is 19.1 Å². The van der Waals surface area contributed by atoms with Gasteiger partial charge in [0.2, 0.25) is 0 Å². The molecule has 0 saturated carbocycles. The van der Waals surface area contributed by atoms with Crippen molar-refractivity contribution in [3.05, 3.63) is 29.8 Å². The standard InChI is InChI=1S/C15H23NO2/c1-4-10-16-15(17)11-18-14-8-6-13(7-9-14)12(3)5-2/h6-9,12H,4-5,10-11H2,1-3H3,(H,16,17). The van der Waals surface area contributed by atoms with Crippen molar-refractivity contribution in [2.24, 2.45) is 0 Å². The fraction of sp³-hybridized carbons (Fsp3) is 0.533. The molecule has 100 valence electrons. The number of hydrogen-bond donors (Lipinski definition) is 1. The van der Waals surface area contributed by atoms with Crippen molar-refractivity contribution >= 4 is 5.91 Å². The van der Waals surface area contributed by atoms with Gasteiger partial charge in [0, 0.05) is 6.54 Å². The first kappa shape index (κ1) is 14.6. The molecule has 0 bridgehead atoms. The molecule has 0 saturated heterocycles. The molecule has 0 spiro atoms. The molecule has 1 unspecified atom stereocenters. The van der Waals surface area contributed by atoms with Gasteiger partial charge in [-0.2, -0.15) is 0 Å². The monoisotopic (exact) mass is 249 g/mol. The summed E-state index contributed by atoms with van der Waals surface area (Å²) < 4.78 is 5.42. The number of benzene rings is 1. The third kappa shape index (κ3) is 4.78. The number of amides is 1. The van der Waals surface area contributed by atoms with Crippen LogP contribution in [-0.4, -0.2) is 19.1 Å². The Morgan fingerprint density at radius 2 is 1.94 bits per heavy atom. The summed E-state index contributed by atoms with van der Waals surface area (Å²) in [6.45, 7) is 7.19. The number of carbonyl (C=O) groups is 1. The number of hydrogen-bond acceptors (Lipinski definition) is 2. The summed E-state index contributed by atoms with van der Waals surface area (Å²) in [5.74, 6) is 1.24. The highest BCUT2D eigenvalue weighted by Gasteiger charge is 2.04. The average molecular weight is 249 g/mol. The molecule has 1 rings (SSSR count). The van der Waals surface area contributed by atoms with E-state index in [0.717, 1.165) is 18.6 Å². The fourth-order valence-corrected chi connectivity index (χ4v) is 1.59. The van der Waals surface area contributed by atoms with Gasteiger partial charge in [-0.25, -0.2) is 0 Å². The summed E-state index contributed by atoms with van der Waals surface area (Å²) in [7, 11) is 0. The van der Waals surface area contributed by atoms with Crippen LogP contribution >= 0.6 is 0 Å². The minimum Gasteiger partial charge on any atom is -0.484 e. The summed E-state index contributed by atoms with van der Waals surface area (Å²) >= 11 is 0. The molecule has 0 aliphatic carbocycles. The quantitative estimate of drug-likeness (QED) is 0.806. The van der Waals surface area contributed by atoms with Crippen LogP contribution in [0.3, 0.4) is 0 Å². The van der Waals surface area contributed by atoms with E-state index in [2.05, 4.69) is 31.3 Å². The van der Waals surface area contributed by atoms with Crippen LogP contribution in [0.1, 0.15) is 45.1 Å². The molecule has 0 aliphatic rings. The van der Waals surface area contributed by atoms with Crippen LogP contribution in [-0.2, 0) is 4.79 Å². The van der Waals surface area contributed by atoms with Gasteiger partial charge in [-0.15, -0.1) is 0 Å². The van der Waals surface area contributed by atoms with E-state index >= 15 is 0 Å². The lowest BCUT2D eigenvalue weighted by Gasteiger charge is -2.10. The first-order valence-corrected chi connectivity index (χ1v) is 6.66. The van der Waals surface area contributed by atoms with Gasteiger partial charge >= 0.3 is 0 Å². The zero-order valence-electron chi connectivity index (χ0n) is 11.5. The Balaban J connectivity index is 2.41. The number of carbonyl (C=O) groups excluding carboxylic acids is 1. The Morgan fingerprint density at radius 1 is 1.28 bits per heavy atom. The van der Waals surface area contributed by atoms with Gasteiger partial charge in [0.15, 0.2) is 6.61 Å². The van der Waals surface area contributed by atoms with Crippen LogP contribution in [0.25, 0.3) is 0 Å². The van der Waals surface area contributed by atoms with Gasteiger partial charge < -0.3 is 10.1 Å². The second-order valence-corrected chi connectivity index (χ2v) is 4.52. The van der Waals surface area contributed by atoms with Crippen molar-refractivity contribution in [2.45, 2.75) is 39.5 Å². The topological polar surface area (TPSA) is 38.3 Å². The van der Waals surface area contributed by atoms with Crippen molar-refractivity contribution in [1.29, 1.82) is 0 Å². The van der Waals surface area contributed by atoms with Crippen molar-refractivity contribution in [3.63, 3.8) is 0 Å². The normalized spacial score (nSPS) is 11.9. The van der Waals surface area contributed by atoms with Gasteiger partial charge in [-0.1, -0.05) is 32.9 Å². The lowest BCUT2D eigenvalue weighted by molar-refractivity contribution is -0.123. The average Bonchev–Trinajstić information content (AvgIpc) is 2.42. The molecule has 1 aromatic rings. The van der Waals surface area contributed by atoms with E-state index in [4.69, 9.17) is 4.74 Å². The Bertz CT molecular complexity index is 359. The Hall–Kier alpha value is -1.51. The molecule has 1 amide bonds. The number of ether oxygens (including phenoxy) is 1. The van der Waals surface area contributed by atoms with E-state index in [0.29, 0.717) is 12.5 Å². The largest absolute Gasteiger partial charge is 0.484 e. The van der Waals surface area contributed by atoms with E-state index in [1.165, 1.54) is 5.56 Å². The molecule has 1 atom stereocenters. The van der Waals surface area contributed by atoms with Crippen molar-refractivity contribution in [1.82, 2.24) is 5.32 Å². The molecule has 3 nitrogen and oxygen atoms in total. The second kappa shape index (κ2) is 7.75. The molecule has 3 heteroatoms. The van der Waals surface area contributed by atoms with E-state index in [-0.39, 0.29) is 12.5 Å². The van der Waals surface area contributed by atoms with Gasteiger partial charge in [-0.3, -0.25) is 4.79 Å². The van der Waals surface area contributed by atoms with E-state index < -0.39 is 0 Å². The lowest BCUT2D eigenvalue weighted by atomic mass is 9.99. The van der Waals surface area contributed by atoms with E-state index in [9.17, 15) is 4.79 Å². The van der Waals surface area contributed by atoms with Crippen molar-refractivity contribution in [3.8, 4) is 5.75 Å². The summed E-state index contributed by atoms with van der Waals surface area (Å²) in [6.07, 6.45) is 2.06. The lowest BCUT2D eigenvalue weighted by Crippen LogP contribution is -2.29.